The molecule has 0 bridgehead atoms. The Morgan fingerprint density at radius 1 is 1.42 bits per heavy atom. The summed E-state index contributed by atoms with van der Waals surface area (Å²) in [5.41, 5.74) is 5.34. The smallest absolute Gasteiger partial charge is 0.155 e. The highest BCUT2D eigenvalue weighted by molar-refractivity contribution is 5.89. The van der Waals surface area contributed by atoms with Crippen molar-refractivity contribution in [1.82, 2.24) is 0 Å². The van der Waals surface area contributed by atoms with Crippen LogP contribution in [0.3, 0.4) is 0 Å². The minimum atomic E-state index is -0.336. The van der Waals surface area contributed by atoms with Crippen LogP contribution in [-0.2, 0) is 4.79 Å². The molecule has 2 N–H and O–H groups in total. The van der Waals surface area contributed by atoms with Crippen LogP contribution < -0.4 is 5.73 Å². The van der Waals surface area contributed by atoms with E-state index in [-0.39, 0.29) is 17.2 Å². The summed E-state index contributed by atoms with van der Waals surface area (Å²) < 4.78 is 0. The Balaban J connectivity index is 4.64. The van der Waals surface area contributed by atoms with Crippen LogP contribution in [-0.4, -0.2) is 11.8 Å². The van der Waals surface area contributed by atoms with Crippen molar-refractivity contribution in [1.29, 1.82) is 0 Å². The molecule has 2 nitrogen and oxygen atoms in total. The van der Waals surface area contributed by atoms with Gasteiger partial charge in [-0.05, 0) is 19.3 Å². The van der Waals surface area contributed by atoms with Crippen molar-refractivity contribution in [3.63, 3.8) is 0 Å². The van der Waals surface area contributed by atoms with Crippen molar-refractivity contribution in [2.45, 2.75) is 47.1 Å². The lowest BCUT2D eigenvalue weighted by molar-refractivity contribution is -0.131. The molecule has 0 saturated heterocycles. The van der Waals surface area contributed by atoms with Crippen LogP contribution in [0.2, 0.25) is 0 Å². The van der Waals surface area contributed by atoms with E-state index < -0.39 is 0 Å². The number of rotatable bonds is 4. The zero-order chi connectivity index (χ0) is 9.94. The lowest BCUT2D eigenvalue weighted by atomic mass is 9.72. The third kappa shape index (κ3) is 2.07. The number of hydrogen-bond acceptors (Lipinski definition) is 2. The fraction of sp³-hybridized carbons (Fsp3) is 0.900. The average molecular weight is 171 g/mol. The van der Waals surface area contributed by atoms with Gasteiger partial charge < -0.3 is 5.73 Å². The zero-order valence-corrected chi connectivity index (χ0v) is 8.85. The largest absolute Gasteiger partial charge is 0.322 e. The molecule has 0 aliphatic carbocycles. The summed E-state index contributed by atoms with van der Waals surface area (Å²) in [6.45, 7) is 9.95. The highest BCUT2D eigenvalue weighted by Gasteiger charge is 2.35. The first-order valence-electron chi connectivity index (χ1n) is 4.66. The van der Waals surface area contributed by atoms with E-state index in [1.807, 2.05) is 13.8 Å². The topological polar surface area (TPSA) is 43.1 Å². The van der Waals surface area contributed by atoms with Crippen molar-refractivity contribution in [3.8, 4) is 0 Å². The normalized spacial score (nSPS) is 18.9. The predicted octanol–water partition coefficient (Wildman–Crippen LogP) is 1.98. The lowest BCUT2D eigenvalue weighted by Gasteiger charge is -2.32. The molecule has 12 heavy (non-hydrogen) atoms. The predicted molar refractivity (Wildman–Crippen MR) is 51.9 cm³/mol. The molecule has 2 heteroatoms. The van der Waals surface area contributed by atoms with E-state index in [1.165, 1.54) is 0 Å². The molecule has 0 rings (SSSR count). The van der Waals surface area contributed by atoms with Gasteiger partial charge in [0.15, 0.2) is 5.78 Å². The minimum absolute atomic E-state index is 0.181. The van der Waals surface area contributed by atoms with Crippen molar-refractivity contribution < 1.29 is 4.79 Å². The summed E-state index contributed by atoms with van der Waals surface area (Å²) in [5.74, 6) is 0.543. The van der Waals surface area contributed by atoms with Crippen LogP contribution in [0.15, 0.2) is 0 Å². The standard InChI is InChI=1S/C10H21NO/c1-6-10(5,7(2)3)9(12)8(4)11/h7-8H,6,11H2,1-5H3. The van der Waals surface area contributed by atoms with Gasteiger partial charge in [0.2, 0.25) is 0 Å². The van der Waals surface area contributed by atoms with Crippen molar-refractivity contribution in [3.05, 3.63) is 0 Å². The minimum Gasteiger partial charge on any atom is -0.322 e. The van der Waals surface area contributed by atoms with Crippen molar-refractivity contribution in [2.24, 2.45) is 17.1 Å². The van der Waals surface area contributed by atoms with Gasteiger partial charge in [0.1, 0.15) is 0 Å². The third-order valence-corrected chi connectivity index (χ3v) is 2.99. The fourth-order valence-electron chi connectivity index (χ4n) is 1.39. The van der Waals surface area contributed by atoms with Gasteiger partial charge in [0.05, 0.1) is 6.04 Å². The number of ketones is 1. The van der Waals surface area contributed by atoms with Gasteiger partial charge in [-0.2, -0.15) is 0 Å². The van der Waals surface area contributed by atoms with E-state index in [4.69, 9.17) is 5.73 Å². The van der Waals surface area contributed by atoms with Gasteiger partial charge in [0, 0.05) is 5.41 Å². The molecule has 0 aromatic heterocycles. The van der Waals surface area contributed by atoms with Gasteiger partial charge in [-0.1, -0.05) is 27.7 Å². The van der Waals surface area contributed by atoms with Crippen LogP contribution in [0, 0.1) is 11.3 Å². The summed E-state index contributed by atoms with van der Waals surface area (Å²) >= 11 is 0. The molecule has 0 radical (unpaired) electrons. The van der Waals surface area contributed by atoms with E-state index in [1.54, 1.807) is 6.92 Å². The molecule has 2 unspecified atom stereocenters. The van der Waals surface area contributed by atoms with Crippen LogP contribution in [0.4, 0.5) is 0 Å². The SMILES string of the molecule is CCC(C)(C(=O)C(C)N)C(C)C. The Kier molecular flexibility index (Phi) is 3.91. The van der Waals surface area contributed by atoms with E-state index >= 15 is 0 Å². The number of nitrogens with two attached hydrogens (primary N) is 1. The zero-order valence-electron chi connectivity index (χ0n) is 8.85. The molecule has 0 fully saturated rings. The lowest BCUT2D eigenvalue weighted by Crippen LogP contribution is -2.42. The summed E-state index contributed by atoms with van der Waals surface area (Å²) in [7, 11) is 0. The summed E-state index contributed by atoms with van der Waals surface area (Å²) in [4.78, 5) is 11.7. The number of hydrogen-bond donors (Lipinski definition) is 1. The Bertz CT molecular complexity index is 163. The molecule has 0 aliphatic rings. The summed E-state index contributed by atoms with van der Waals surface area (Å²) in [5, 5.41) is 0. The quantitative estimate of drug-likeness (QED) is 0.702. The molecule has 0 spiro atoms. The highest BCUT2D eigenvalue weighted by Crippen LogP contribution is 2.32. The van der Waals surface area contributed by atoms with Crippen LogP contribution >= 0.6 is 0 Å². The summed E-state index contributed by atoms with van der Waals surface area (Å²) in [6.07, 6.45) is 0.866. The molecular formula is C10H21NO. The van der Waals surface area contributed by atoms with Gasteiger partial charge in [-0.25, -0.2) is 0 Å². The molecule has 72 valence electrons. The molecule has 0 aromatic rings. The number of carbonyl (C=O) groups excluding carboxylic acids is 1. The number of Topliss-reactive ketones (excluding diaryl/α,β-unsaturated/α-hetero) is 1. The Morgan fingerprint density at radius 3 is 1.92 bits per heavy atom. The second-order valence-electron chi connectivity index (χ2n) is 4.08. The highest BCUT2D eigenvalue weighted by atomic mass is 16.1. The molecule has 0 aromatic carbocycles. The molecule has 0 aliphatic heterocycles. The Morgan fingerprint density at radius 2 is 1.83 bits per heavy atom. The molecule has 0 heterocycles. The maximum atomic E-state index is 11.7. The van der Waals surface area contributed by atoms with E-state index in [2.05, 4.69) is 13.8 Å². The van der Waals surface area contributed by atoms with Crippen molar-refractivity contribution >= 4 is 5.78 Å². The van der Waals surface area contributed by atoms with E-state index in [0.717, 1.165) is 6.42 Å². The Labute approximate surface area is 75.5 Å². The average Bonchev–Trinajstić information content (AvgIpc) is 2.01. The second kappa shape index (κ2) is 4.04. The monoisotopic (exact) mass is 171 g/mol. The van der Waals surface area contributed by atoms with Gasteiger partial charge in [-0.3, -0.25) is 4.79 Å². The van der Waals surface area contributed by atoms with Crippen LogP contribution in [0.1, 0.15) is 41.0 Å². The van der Waals surface area contributed by atoms with E-state index in [0.29, 0.717) is 5.92 Å². The Hall–Kier alpha value is -0.370. The van der Waals surface area contributed by atoms with Gasteiger partial charge in [-0.15, -0.1) is 0 Å². The first kappa shape index (κ1) is 11.6. The first-order valence-corrected chi connectivity index (χ1v) is 4.66. The second-order valence-corrected chi connectivity index (χ2v) is 4.08. The number of carbonyl (C=O) groups is 1. The van der Waals surface area contributed by atoms with Gasteiger partial charge in [0.25, 0.3) is 0 Å². The molecular weight excluding hydrogens is 150 g/mol. The summed E-state index contributed by atoms with van der Waals surface area (Å²) in [6, 6.07) is -0.336. The van der Waals surface area contributed by atoms with Gasteiger partial charge >= 0.3 is 0 Å². The molecule has 0 amide bonds. The maximum absolute atomic E-state index is 11.7. The van der Waals surface area contributed by atoms with Crippen LogP contribution in [0.25, 0.3) is 0 Å². The first-order chi connectivity index (χ1) is 5.36. The van der Waals surface area contributed by atoms with Crippen molar-refractivity contribution in [2.75, 3.05) is 0 Å². The third-order valence-electron chi connectivity index (χ3n) is 2.99. The maximum Gasteiger partial charge on any atom is 0.155 e. The molecule has 2 atom stereocenters. The van der Waals surface area contributed by atoms with E-state index in [9.17, 15) is 4.79 Å². The van der Waals surface area contributed by atoms with Crippen LogP contribution in [0.5, 0.6) is 0 Å². The molecule has 0 saturated carbocycles. The fourth-order valence-corrected chi connectivity index (χ4v) is 1.39.